The van der Waals surface area contributed by atoms with Crippen LogP contribution in [-0.2, 0) is 16.0 Å². The first-order valence-corrected chi connectivity index (χ1v) is 8.34. The Hall–Kier alpha value is -2.63. The molecule has 2 N–H and O–H groups in total. The Morgan fingerprint density at radius 3 is 2.48 bits per heavy atom. The van der Waals surface area contributed by atoms with Crippen molar-refractivity contribution in [1.82, 2.24) is 10.5 Å². The van der Waals surface area contributed by atoms with E-state index < -0.39 is 11.9 Å². The Bertz CT molecular complexity index is 705. The fraction of sp³-hybridized carbons (Fsp3) is 0.421. The zero-order valence-corrected chi connectivity index (χ0v) is 14.8. The highest BCUT2D eigenvalue weighted by molar-refractivity contribution is 5.78. The van der Waals surface area contributed by atoms with Crippen LogP contribution in [0.15, 0.2) is 34.9 Å². The van der Waals surface area contributed by atoms with E-state index in [1.54, 1.807) is 0 Å². The fourth-order valence-corrected chi connectivity index (χ4v) is 3.03. The molecule has 25 heavy (non-hydrogen) atoms. The molecule has 6 heteroatoms. The minimum Gasteiger partial charge on any atom is -0.481 e. The smallest absolute Gasteiger partial charge is 0.308 e. The number of carbonyl (C=O) groups is 2. The number of carbonyl (C=O) groups excluding carboxylic acids is 1. The summed E-state index contributed by atoms with van der Waals surface area (Å²) in [6, 6.07) is 9.40. The number of aromatic nitrogens is 1. The Morgan fingerprint density at radius 1 is 1.24 bits per heavy atom. The highest BCUT2D eigenvalue weighted by Gasteiger charge is 2.22. The van der Waals surface area contributed by atoms with Crippen LogP contribution in [0.5, 0.6) is 0 Å². The standard InChI is InChI=1S/C19H24N2O4/c1-12(18-13(2)21-25-14(18)3)9-17(22)20-11-16(19(23)24)10-15-7-5-4-6-8-15/h4-8,12,16H,9-11H2,1-3H3,(H,20,22)(H,23,24). The van der Waals surface area contributed by atoms with Gasteiger partial charge in [-0.15, -0.1) is 0 Å². The van der Waals surface area contributed by atoms with Gasteiger partial charge in [-0.1, -0.05) is 42.4 Å². The lowest BCUT2D eigenvalue weighted by Crippen LogP contribution is -2.34. The molecule has 0 aliphatic rings. The van der Waals surface area contributed by atoms with Crippen molar-refractivity contribution >= 4 is 11.9 Å². The monoisotopic (exact) mass is 344 g/mol. The second kappa shape index (κ2) is 8.46. The lowest BCUT2D eigenvalue weighted by Gasteiger charge is -2.15. The Balaban J connectivity index is 1.89. The maximum absolute atomic E-state index is 12.2. The molecule has 2 rings (SSSR count). The van der Waals surface area contributed by atoms with Crippen molar-refractivity contribution in [2.75, 3.05) is 6.54 Å². The van der Waals surface area contributed by atoms with Gasteiger partial charge in [0.15, 0.2) is 0 Å². The van der Waals surface area contributed by atoms with Crippen molar-refractivity contribution in [1.29, 1.82) is 0 Å². The highest BCUT2D eigenvalue weighted by atomic mass is 16.5. The molecule has 0 spiro atoms. The number of nitrogens with zero attached hydrogens (tertiary/aromatic N) is 1. The molecular formula is C19H24N2O4. The summed E-state index contributed by atoms with van der Waals surface area (Å²) in [5.41, 5.74) is 2.66. The second-order valence-electron chi connectivity index (χ2n) is 6.37. The Labute approximate surface area is 147 Å². The molecule has 1 heterocycles. The van der Waals surface area contributed by atoms with Crippen LogP contribution in [0.4, 0.5) is 0 Å². The van der Waals surface area contributed by atoms with Gasteiger partial charge in [-0.2, -0.15) is 0 Å². The minimum atomic E-state index is -0.914. The molecule has 0 aliphatic carbocycles. The van der Waals surface area contributed by atoms with Crippen LogP contribution in [0.3, 0.4) is 0 Å². The first-order valence-electron chi connectivity index (χ1n) is 8.34. The largest absolute Gasteiger partial charge is 0.481 e. The molecule has 1 aromatic carbocycles. The summed E-state index contributed by atoms with van der Waals surface area (Å²) in [5.74, 6) is -1.07. The topological polar surface area (TPSA) is 92.4 Å². The summed E-state index contributed by atoms with van der Waals surface area (Å²) >= 11 is 0. The average molecular weight is 344 g/mol. The molecule has 0 fully saturated rings. The number of carboxylic acid groups (broad SMARTS) is 1. The SMILES string of the molecule is Cc1noc(C)c1C(C)CC(=O)NCC(Cc1ccccc1)C(=O)O. The fourth-order valence-electron chi connectivity index (χ4n) is 3.03. The Morgan fingerprint density at radius 2 is 1.92 bits per heavy atom. The zero-order chi connectivity index (χ0) is 18.4. The van der Waals surface area contributed by atoms with E-state index in [-0.39, 0.29) is 24.8 Å². The van der Waals surface area contributed by atoms with E-state index in [1.807, 2.05) is 51.1 Å². The quantitative estimate of drug-likeness (QED) is 0.768. The average Bonchev–Trinajstić information content (AvgIpc) is 2.90. The molecule has 2 atom stereocenters. The van der Waals surface area contributed by atoms with E-state index in [0.29, 0.717) is 12.2 Å². The van der Waals surface area contributed by atoms with Gasteiger partial charge in [0, 0.05) is 18.5 Å². The molecule has 2 unspecified atom stereocenters. The summed E-state index contributed by atoms with van der Waals surface area (Å²) in [5, 5.41) is 16.0. The van der Waals surface area contributed by atoms with Crippen molar-refractivity contribution in [3.63, 3.8) is 0 Å². The van der Waals surface area contributed by atoms with Gasteiger partial charge >= 0.3 is 5.97 Å². The molecule has 0 saturated heterocycles. The van der Waals surface area contributed by atoms with E-state index >= 15 is 0 Å². The number of nitrogens with one attached hydrogen (secondary N) is 1. The van der Waals surface area contributed by atoms with Crippen molar-refractivity contribution in [3.8, 4) is 0 Å². The lowest BCUT2D eigenvalue weighted by atomic mass is 9.95. The van der Waals surface area contributed by atoms with Gasteiger partial charge in [-0.25, -0.2) is 0 Å². The molecule has 0 aliphatic heterocycles. The summed E-state index contributed by atoms with van der Waals surface area (Å²) in [7, 11) is 0. The van der Waals surface area contributed by atoms with Gasteiger partial charge in [0.25, 0.3) is 0 Å². The number of amides is 1. The lowest BCUT2D eigenvalue weighted by molar-refractivity contribution is -0.141. The van der Waals surface area contributed by atoms with E-state index in [2.05, 4.69) is 10.5 Å². The number of carboxylic acids is 1. The van der Waals surface area contributed by atoms with Gasteiger partial charge in [0.2, 0.25) is 5.91 Å². The van der Waals surface area contributed by atoms with E-state index in [9.17, 15) is 14.7 Å². The minimum absolute atomic E-state index is 0.0383. The number of aryl methyl sites for hydroxylation is 2. The highest BCUT2D eigenvalue weighted by Crippen LogP contribution is 2.25. The Kier molecular flexibility index (Phi) is 6.33. The third-order valence-electron chi connectivity index (χ3n) is 4.29. The van der Waals surface area contributed by atoms with Gasteiger partial charge in [0.05, 0.1) is 11.6 Å². The van der Waals surface area contributed by atoms with Crippen LogP contribution in [-0.4, -0.2) is 28.7 Å². The molecule has 1 aromatic heterocycles. The molecule has 134 valence electrons. The van der Waals surface area contributed by atoms with Crippen LogP contribution in [0.25, 0.3) is 0 Å². The van der Waals surface area contributed by atoms with Gasteiger partial charge < -0.3 is 14.9 Å². The summed E-state index contributed by atoms with van der Waals surface area (Å²) < 4.78 is 5.13. The number of benzene rings is 1. The van der Waals surface area contributed by atoms with E-state index in [1.165, 1.54) is 0 Å². The van der Waals surface area contributed by atoms with Crippen LogP contribution in [0, 0.1) is 19.8 Å². The third kappa shape index (κ3) is 5.17. The zero-order valence-electron chi connectivity index (χ0n) is 14.8. The van der Waals surface area contributed by atoms with Crippen LogP contribution < -0.4 is 5.32 Å². The van der Waals surface area contributed by atoms with E-state index in [4.69, 9.17) is 4.52 Å². The first-order chi connectivity index (χ1) is 11.9. The molecular weight excluding hydrogens is 320 g/mol. The van der Waals surface area contributed by atoms with Gasteiger partial charge in [-0.3, -0.25) is 9.59 Å². The van der Waals surface area contributed by atoms with Crippen LogP contribution in [0.1, 0.15) is 41.8 Å². The number of hydrogen-bond acceptors (Lipinski definition) is 4. The molecule has 0 bridgehead atoms. The summed E-state index contributed by atoms with van der Waals surface area (Å²) in [6.45, 7) is 5.72. The van der Waals surface area contributed by atoms with E-state index in [0.717, 1.165) is 16.8 Å². The van der Waals surface area contributed by atoms with Gasteiger partial charge in [-0.05, 0) is 31.7 Å². The van der Waals surface area contributed by atoms with Crippen molar-refractivity contribution in [3.05, 3.63) is 52.9 Å². The summed E-state index contributed by atoms with van der Waals surface area (Å²) in [6.07, 6.45) is 0.649. The number of aliphatic carboxylic acids is 1. The number of rotatable bonds is 8. The second-order valence-corrected chi connectivity index (χ2v) is 6.37. The normalized spacial score (nSPS) is 13.2. The van der Waals surface area contributed by atoms with Crippen molar-refractivity contribution in [2.24, 2.45) is 5.92 Å². The maximum atomic E-state index is 12.2. The van der Waals surface area contributed by atoms with Crippen molar-refractivity contribution < 1.29 is 19.2 Å². The molecule has 0 saturated carbocycles. The predicted octanol–water partition coefficient (Wildman–Crippen LogP) is 2.84. The predicted molar refractivity (Wildman–Crippen MR) is 93.3 cm³/mol. The maximum Gasteiger partial charge on any atom is 0.308 e. The third-order valence-corrected chi connectivity index (χ3v) is 4.29. The van der Waals surface area contributed by atoms with Crippen LogP contribution in [0.2, 0.25) is 0 Å². The molecule has 1 amide bonds. The molecule has 2 aromatic rings. The molecule has 0 radical (unpaired) electrons. The number of hydrogen-bond donors (Lipinski definition) is 2. The van der Waals surface area contributed by atoms with Gasteiger partial charge in [0.1, 0.15) is 5.76 Å². The first kappa shape index (κ1) is 18.7. The summed E-state index contributed by atoms with van der Waals surface area (Å²) in [4.78, 5) is 23.6. The van der Waals surface area contributed by atoms with Crippen LogP contribution >= 0.6 is 0 Å². The van der Waals surface area contributed by atoms with Crippen molar-refractivity contribution in [2.45, 2.75) is 39.5 Å². The molecule has 6 nitrogen and oxygen atoms in total.